The fourth-order valence-electron chi connectivity index (χ4n) is 0.363. The molecule has 0 bridgehead atoms. The molecule has 0 radical (unpaired) electrons. The molecule has 0 amide bonds. The minimum atomic E-state index is 0. The zero-order valence-corrected chi connectivity index (χ0v) is 4.76. The van der Waals surface area contributed by atoms with Crippen molar-refractivity contribution in [3.05, 3.63) is 30.3 Å². The van der Waals surface area contributed by atoms with Crippen LogP contribution in [0, 0.1) is 0 Å². The second-order valence-corrected chi connectivity index (χ2v) is 1.24. The van der Waals surface area contributed by atoms with Crippen LogP contribution in [0.15, 0.2) is 24.5 Å². The quantitative estimate of drug-likeness (QED) is 0.376. The molecule has 8 heavy (non-hydrogen) atoms. The van der Waals surface area contributed by atoms with E-state index in [1.54, 1.807) is 18.3 Å². The molecule has 3 heteroatoms. The van der Waals surface area contributed by atoms with Gasteiger partial charge in [-0.2, -0.15) is 0 Å². The van der Waals surface area contributed by atoms with Crippen LogP contribution in [0.5, 0.6) is 0 Å². The van der Waals surface area contributed by atoms with Crippen LogP contribution in [-0.4, -0.2) is 4.98 Å². The Morgan fingerprint density at radius 1 is 1.50 bits per heavy atom. The third-order valence-electron chi connectivity index (χ3n) is 0.662. The van der Waals surface area contributed by atoms with Crippen molar-refractivity contribution in [3.8, 4) is 0 Å². The Bertz CT molecular complexity index is 140. The van der Waals surface area contributed by atoms with Gasteiger partial charge >= 0.3 is 18.9 Å². The van der Waals surface area contributed by atoms with Crippen LogP contribution in [0.2, 0.25) is 0 Å². The first-order chi connectivity index (χ1) is 3.39. The van der Waals surface area contributed by atoms with E-state index in [1.807, 2.05) is 0 Å². The number of aromatic nitrogens is 1. The van der Waals surface area contributed by atoms with Gasteiger partial charge in [0.2, 0.25) is 0 Å². The molecule has 0 aliphatic rings. The molecular weight excluding hydrogens is 95.0 g/mol. The molecule has 0 saturated heterocycles. The SMILES string of the molecule is [Li+].[NH-]c1cccnc1. The van der Waals surface area contributed by atoms with E-state index in [-0.39, 0.29) is 18.9 Å². The van der Waals surface area contributed by atoms with Crippen LogP contribution in [-0.2, 0) is 0 Å². The van der Waals surface area contributed by atoms with Gasteiger partial charge in [-0.3, -0.25) is 4.98 Å². The second kappa shape index (κ2) is 3.54. The molecule has 1 N–H and O–H groups in total. The minimum Gasteiger partial charge on any atom is -0.697 e. The van der Waals surface area contributed by atoms with Crippen molar-refractivity contribution >= 4 is 5.69 Å². The molecule has 0 unspecified atom stereocenters. The molecule has 0 fully saturated rings. The maximum atomic E-state index is 6.93. The van der Waals surface area contributed by atoms with Gasteiger partial charge in [-0.05, 0) is 6.07 Å². The molecule has 1 aromatic rings. The summed E-state index contributed by atoms with van der Waals surface area (Å²) in [5, 5.41) is 0. The third-order valence-corrected chi connectivity index (χ3v) is 0.662. The van der Waals surface area contributed by atoms with Crippen molar-refractivity contribution in [1.29, 1.82) is 0 Å². The summed E-state index contributed by atoms with van der Waals surface area (Å²) >= 11 is 0. The fraction of sp³-hybridized carbons (Fsp3) is 0. The summed E-state index contributed by atoms with van der Waals surface area (Å²) in [6.07, 6.45) is 3.15. The third kappa shape index (κ3) is 2.01. The molecule has 1 aromatic heterocycles. The van der Waals surface area contributed by atoms with E-state index >= 15 is 0 Å². The van der Waals surface area contributed by atoms with Gasteiger partial charge in [0.25, 0.3) is 0 Å². The Kier molecular flexibility index (Phi) is 3.34. The van der Waals surface area contributed by atoms with Crippen molar-refractivity contribution in [2.45, 2.75) is 0 Å². The zero-order valence-electron chi connectivity index (χ0n) is 4.76. The van der Waals surface area contributed by atoms with Gasteiger partial charge in [0, 0.05) is 12.4 Å². The summed E-state index contributed by atoms with van der Waals surface area (Å²) in [5.74, 6) is 0. The molecule has 0 aliphatic heterocycles. The fourth-order valence-corrected chi connectivity index (χ4v) is 0.363. The van der Waals surface area contributed by atoms with Gasteiger partial charge in [0.05, 0.1) is 0 Å². The van der Waals surface area contributed by atoms with Gasteiger partial charge in [0.15, 0.2) is 0 Å². The van der Waals surface area contributed by atoms with Gasteiger partial charge < -0.3 is 5.73 Å². The predicted octanol–water partition coefficient (Wildman–Crippen LogP) is -1.23. The monoisotopic (exact) mass is 100 g/mol. The Morgan fingerprint density at radius 3 is 2.50 bits per heavy atom. The topological polar surface area (TPSA) is 36.7 Å². The van der Waals surface area contributed by atoms with E-state index in [9.17, 15) is 0 Å². The Balaban J connectivity index is 0.000000490. The summed E-state index contributed by atoms with van der Waals surface area (Å²) < 4.78 is 0. The van der Waals surface area contributed by atoms with Crippen molar-refractivity contribution in [3.63, 3.8) is 0 Å². The van der Waals surface area contributed by atoms with Gasteiger partial charge in [-0.25, -0.2) is 0 Å². The first kappa shape index (κ1) is 7.55. The van der Waals surface area contributed by atoms with Crippen LogP contribution in [0.1, 0.15) is 0 Å². The molecule has 0 aromatic carbocycles. The minimum absolute atomic E-state index is 0. The van der Waals surface area contributed by atoms with E-state index in [0.29, 0.717) is 5.69 Å². The Labute approximate surface area is 60.3 Å². The van der Waals surface area contributed by atoms with E-state index in [2.05, 4.69) is 4.98 Å². The second-order valence-electron chi connectivity index (χ2n) is 1.24. The maximum Gasteiger partial charge on any atom is 1.00 e. The average molecular weight is 100 g/mol. The Morgan fingerprint density at radius 2 is 2.25 bits per heavy atom. The van der Waals surface area contributed by atoms with Crippen molar-refractivity contribution in [2.75, 3.05) is 0 Å². The van der Waals surface area contributed by atoms with Crippen LogP contribution in [0.25, 0.3) is 5.73 Å². The number of nitrogens with one attached hydrogen (secondary N) is 1. The van der Waals surface area contributed by atoms with Crippen molar-refractivity contribution in [1.82, 2.24) is 4.98 Å². The molecule has 0 aliphatic carbocycles. The predicted molar refractivity (Wildman–Crippen MR) is 28.2 cm³/mol. The van der Waals surface area contributed by atoms with Crippen LogP contribution < -0.4 is 18.9 Å². The largest absolute Gasteiger partial charge is 1.00 e. The number of nitrogens with zero attached hydrogens (tertiary/aromatic N) is 1. The first-order valence-electron chi connectivity index (χ1n) is 2.01. The summed E-state index contributed by atoms with van der Waals surface area (Å²) in [4.78, 5) is 3.70. The standard InChI is InChI=1S/C5H5N2.Li/c6-5-2-1-3-7-4-5;/h1-4,6H;/q-1;+1. The first-order valence-corrected chi connectivity index (χ1v) is 2.01. The molecular formula is C5H5LiN2. The molecule has 0 atom stereocenters. The molecule has 36 valence electrons. The van der Waals surface area contributed by atoms with Gasteiger partial charge in [-0.15, -0.1) is 5.69 Å². The smallest absolute Gasteiger partial charge is 0.697 e. The molecule has 1 heterocycles. The zero-order chi connectivity index (χ0) is 5.11. The normalized spacial score (nSPS) is 7.50. The van der Waals surface area contributed by atoms with Gasteiger partial charge in [-0.1, -0.05) is 6.07 Å². The number of rotatable bonds is 0. The van der Waals surface area contributed by atoms with Crippen molar-refractivity contribution in [2.24, 2.45) is 0 Å². The molecule has 2 nitrogen and oxygen atoms in total. The Hall–Kier alpha value is -0.453. The molecule has 0 spiro atoms. The maximum absolute atomic E-state index is 6.93. The van der Waals surface area contributed by atoms with Crippen LogP contribution >= 0.6 is 0 Å². The van der Waals surface area contributed by atoms with E-state index < -0.39 is 0 Å². The summed E-state index contributed by atoms with van der Waals surface area (Å²) in [5.41, 5.74) is 7.39. The van der Waals surface area contributed by atoms with Crippen LogP contribution in [0.3, 0.4) is 0 Å². The van der Waals surface area contributed by atoms with E-state index in [0.717, 1.165) is 0 Å². The molecule has 0 saturated carbocycles. The van der Waals surface area contributed by atoms with Gasteiger partial charge in [0.1, 0.15) is 0 Å². The molecule has 1 rings (SSSR count). The summed E-state index contributed by atoms with van der Waals surface area (Å²) in [7, 11) is 0. The number of hydrogen-bond acceptors (Lipinski definition) is 1. The van der Waals surface area contributed by atoms with Crippen LogP contribution in [0.4, 0.5) is 5.69 Å². The van der Waals surface area contributed by atoms with E-state index in [1.165, 1.54) is 6.20 Å². The van der Waals surface area contributed by atoms with E-state index in [4.69, 9.17) is 5.73 Å². The number of hydrogen-bond donors (Lipinski definition) is 0. The average Bonchev–Trinajstić information content (AvgIpc) is 1.69. The summed E-state index contributed by atoms with van der Waals surface area (Å²) in [6.45, 7) is 0. The number of pyridine rings is 1. The van der Waals surface area contributed by atoms with Crippen molar-refractivity contribution < 1.29 is 18.9 Å². The summed E-state index contributed by atoms with van der Waals surface area (Å²) in [6, 6.07) is 3.43.